The van der Waals surface area contributed by atoms with Crippen LogP contribution >= 0.6 is 0 Å². The van der Waals surface area contributed by atoms with E-state index >= 15 is 0 Å². The molecule has 0 aliphatic heterocycles. The van der Waals surface area contributed by atoms with Gasteiger partial charge in [-0.15, -0.1) is 0 Å². The first-order valence-corrected chi connectivity index (χ1v) is 6.74. The van der Waals surface area contributed by atoms with E-state index < -0.39 is 0 Å². The van der Waals surface area contributed by atoms with Crippen LogP contribution in [0.15, 0.2) is 42.6 Å². The zero-order chi connectivity index (χ0) is 15.9. The Labute approximate surface area is 128 Å². The van der Waals surface area contributed by atoms with Crippen molar-refractivity contribution in [2.75, 3.05) is 12.4 Å². The second kappa shape index (κ2) is 7.21. The first kappa shape index (κ1) is 15.5. The minimum absolute atomic E-state index is 0.148. The smallest absolute Gasteiger partial charge is 0.255 e. The van der Waals surface area contributed by atoms with Gasteiger partial charge in [-0.05, 0) is 24.3 Å². The van der Waals surface area contributed by atoms with Gasteiger partial charge in [-0.2, -0.15) is 0 Å². The summed E-state index contributed by atoms with van der Waals surface area (Å²) in [6, 6.07) is 10.4. The molecular formula is C16H17N3O3. The fourth-order valence-electron chi connectivity index (χ4n) is 1.87. The van der Waals surface area contributed by atoms with Crippen LogP contribution in [0.25, 0.3) is 0 Å². The third kappa shape index (κ3) is 4.05. The molecule has 0 spiro atoms. The van der Waals surface area contributed by atoms with Crippen LogP contribution in [-0.4, -0.2) is 23.9 Å². The van der Waals surface area contributed by atoms with Crippen molar-refractivity contribution in [2.24, 2.45) is 0 Å². The summed E-state index contributed by atoms with van der Waals surface area (Å²) >= 11 is 0. The summed E-state index contributed by atoms with van der Waals surface area (Å²) in [6.07, 6.45) is 1.54. The van der Waals surface area contributed by atoms with Gasteiger partial charge in [0.2, 0.25) is 5.91 Å². The first-order chi connectivity index (χ1) is 10.6. The Morgan fingerprint density at radius 1 is 1.23 bits per heavy atom. The van der Waals surface area contributed by atoms with E-state index in [0.717, 1.165) is 0 Å². The number of ether oxygens (including phenoxy) is 1. The van der Waals surface area contributed by atoms with Crippen molar-refractivity contribution in [3.05, 3.63) is 53.9 Å². The SMILES string of the molecule is COc1ccccc1NC(=O)c1ccnc(CNC(C)=O)c1. The van der Waals surface area contributed by atoms with Crippen molar-refractivity contribution < 1.29 is 14.3 Å². The second-order valence-electron chi connectivity index (χ2n) is 4.60. The van der Waals surface area contributed by atoms with Crippen molar-refractivity contribution in [2.45, 2.75) is 13.5 Å². The molecule has 2 N–H and O–H groups in total. The average Bonchev–Trinajstić information content (AvgIpc) is 2.53. The fourth-order valence-corrected chi connectivity index (χ4v) is 1.87. The first-order valence-electron chi connectivity index (χ1n) is 6.74. The number of rotatable bonds is 5. The van der Waals surface area contributed by atoms with Gasteiger partial charge in [0.25, 0.3) is 5.91 Å². The summed E-state index contributed by atoms with van der Waals surface area (Å²) in [7, 11) is 1.54. The molecule has 0 unspecified atom stereocenters. The minimum atomic E-state index is -0.268. The highest BCUT2D eigenvalue weighted by Crippen LogP contribution is 2.23. The molecule has 0 fully saturated rings. The molecule has 0 radical (unpaired) electrons. The molecule has 6 heteroatoms. The molecule has 1 heterocycles. The van der Waals surface area contributed by atoms with Crippen molar-refractivity contribution >= 4 is 17.5 Å². The fraction of sp³-hybridized carbons (Fsp3) is 0.188. The van der Waals surface area contributed by atoms with Gasteiger partial charge in [0, 0.05) is 18.7 Å². The number of carbonyl (C=O) groups excluding carboxylic acids is 2. The third-order valence-electron chi connectivity index (χ3n) is 2.95. The van der Waals surface area contributed by atoms with Crippen LogP contribution in [0, 0.1) is 0 Å². The Kier molecular flexibility index (Phi) is 5.08. The Morgan fingerprint density at radius 2 is 2.00 bits per heavy atom. The molecule has 0 aliphatic rings. The Hall–Kier alpha value is -2.89. The number of nitrogens with zero attached hydrogens (tertiary/aromatic N) is 1. The van der Waals surface area contributed by atoms with Crippen molar-refractivity contribution in [3.8, 4) is 5.75 Å². The van der Waals surface area contributed by atoms with Crippen molar-refractivity contribution in [1.29, 1.82) is 0 Å². The van der Waals surface area contributed by atoms with Gasteiger partial charge in [0.15, 0.2) is 0 Å². The zero-order valence-electron chi connectivity index (χ0n) is 12.4. The highest BCUT2D eigenvalue weighted by Gasteiger charge is 2.10. The molecule has 0 atom stereocenters. The van der Waals surface area contributed by atoms with Crippen LogP contribution in [-0.2, 0) is 11.3 Å². The average molecular weight is 299 g/mol. The number of nitrogens with one attached hydrogen (secondary N) is 2. The Bertz CT molecular complexity index is 686. The van der Waals surface area contributed by atoms with Gasteiger partial charge in [0.05, 0.1) is 25.0 Å². The van der Waals surface area contributed by atoms with Gasteiger partial charge in [-0.25, -0.2) is 0 Å². The van der Waals surface area contributed by atoms with Crippen LogP contribution in [0.1, 0.15) is 23.0 Å². The van der Waals surface area contributed by atoms with E-state index in [2.05, 4.69) is 15.6 Å². The zero-order valence-corrected chi connectivity index (χ0v) is 12.4. The number of amides is 2. The number of hydrogen-bond donors (Lipinski definition) is 2. The van der Waals surface area contributed by atoms with E-state index in [1.54, 1.807) is 31.4 Å². The number of para-hydroxylation sites is 2. The lowest BCUT2D eigenvalue weighted by atomic mass is 10.2. The maximum atomic E-state index is 12.3. The number of methoxy groups -OCH3 is 1. The lowest BCUT2D eigenvalue weighted by molar-refractivity contribution is -0.119. The van der Waals surface area contributed by atoms with Crippen molar-refractivity contribution in [3.63, 3.8) is 0 Å². The Morgan fingerprint density at radius 3 is 2.73 bits per heavy atom. The highest BCUT2D eigenvalue weighted by molar-refractivity contribution is 6.05. The molecule has 0 bridgehead atoms. The van der Waals surface area contributed by atoms with E-state index in [9.17, 15) is 9.59 Å². The number of anilines is 1. The van der Waals surface area contributed by atoms with Gasteiger partial charge >= 0.3 is 0 Å². The number of benzene rings is 1. The topological polar surface area (TPSA) is 80.3 Å². The number of carbonyl (C=O) groups is 2. The van der Waals surface area contributed by atoms with Crippen LogP contribution in [0.5, 0.6) is 5.75 Å². The molecule has 2 amide bonds. The largest absolute Gasteiger partial charge is 0.495 e. The normalized spacial score (nSPS) is 9.91. The predicted molar refractivity (Wildman–Crippen MR) is 82.7 cm³/mol. The van der Waals surface area contributed by atoms with Crippen LogP contribution in [0.4, 0.5) is 5.69 Å². The molecular weight excluding hydrogens is 282 g/mol. The monoisotopic (exact) mass is 299 g/mol. The lowest BCUT2D eigenvalue weighted by Crippen LogP contribution is -2.20. The molecule has 0 saturated heterocycles. The van der Waals surface area contributed by atoms with Gasteiger partial charge in [0.1, 0.15) is 5.75 Å². The summed E-state index contributed by atoms with van der Waals surface area (Å²) in [6.45, 7) is 1.71. The quantitative estimate of drug-likeness (QED) is 0.884. The summed E-state index contributed by atoms with van der Waals surface area (Å²) in [5.41, 5.74) is 1.67. The van der Waals surface area contributed by atoms with E-state index in [1.165, 1.54) is 13.1 Å². The number of pyridine rings is 1. The summed E-state index contributed by atoms with van der Waals surface area (Å²) in [5, 5.41) is 5.43. The highest BCUT2D eigenvalue weighted by atomic mass is 16.5. The summed E-state index contributed by atoms with van der Waals surface area (Å²) in [4.78, 5) is 27.3. The van der Waals surface area contributed by atoms with Crippen LogP contribution in [0.2, 0.25) is 0 Å². The molecule has 1 aromatic heterocycles. The molecule has 2 aromatic rings. The molecule has 114 valence electrons. The molecule has 0 saturated carbocycles. The van der Waals surface area contributed by atoms with E-state index in [-0.39, 0.29) is 18.4 Å². The second-order valence-corrected chi connectivity index (χ2v) is 4.60. The molecule has 22 heavy (non-hydrogen) atoms. The van der Waals surface area contributed by atoms with Gasteiger partial charge < -0.3 is 15.4 Å². The van der Waals surface area contributed by atoms with Crippen LogP contribution < -0.4 is 15.4 Å². The van der Waals surface area contributed by atoms with Gasteiger partial charge in [-0.1, -0.05) is 12.1 Å². The number of aromatic nitrogens is 1. The minimum Gasteiger partial charge on any atom is -0.495 e. The van der Waals surface area contributed by atoms with E-state index in [1.807, 2.05) is 12.1 Å². The molecule has 0 aliphatic carbocycles. The molecule has 1 aromatic carbocycles. The van der Waals surface area contributed by atoms with E-state index in [4.69, 9.17) is 4.74 Å². The molecule has 6 nitrogen and oxygen atoms in total. The van der Waals surface area contributed by atoms with Gasteiger partial charge in [-0.3, -0.25) is 14.6 Å². The maximum absolute atomic E-state index is 12.3. The van der Waals surface area contributed by atoms with Crippen LogP contribution in [0.3, 0.4) is 0 Å². The number of hydrogen-bond acceptors (Lipinski definition) is 4. The Balaban J connectivity index is 2.12. The standard InChI is InChI=1S/C16H17N3O3/c1-11(20)18-10-13-9-12(7-8-17-13)16(21)19-14-5-3-4-6-15(14)22-2/h3-9H,10H2,1-2H3,(H,18,20)(H,19,21). The summed E-state index contributed by atoms with van der Waals surface area (Å²) < 4.78 is 5.20. The maximum Gasteiger partial charge on any atom is 0.255 e. The lowest BCUT2D eigenvalue weighted by Gasteiger charge is -2.10. The van der Waals surface area contributed by atoms with Crippen molar-refractivity contribution in [1.82, 2.24) is 10.3 Å². The summed E-state index contributed by atoms with van der Waals surface area (Å²) in [5.74, 6) is 0.171. The predicted octanol–water partition coefficient (Wildman–Crippen LogP) is 1.98. The third-order valence-corrected chi connectivity index (χ3v) is 2.95. The van der Waals surface area contributed by atoms with E-state index in [0.29, 0.717) is 22.7 Å². The molecule has 2 rings (SSSR count).